The van der Waals surface area contributed by atoms with E-state index in [1.807, 2.05) is 58.0 Å². The van der Waals surface area contributed by atoms with Crippen LogP contribution in [0.4, 0.5) is 0 Å². The van der Waals surface area contributed by atoms with Gasteiger partial charge in [-0.05, 0) is 46.8 Å². The first-order valence-electron chi connectivity index (χ1n) is 8.52. The lowest BCUT2D eigenvalue weighted by Gasteiger charge is -2.30. The van der Waals surface area contributed by atoms with E-state index in [0.29, 0.717) is 5.69 Å². The molecular formula is C19H24ClN3O3. The zero-order valence-electron chi connectivity index (χ0n) is 15.7. The highest BCUT2D eigenvalue weighted by Crippen LogP contribution is 2.24. The van der Waals surface area contributed by atoms with Gasteiger partial charge in [0, 0.05) is 12.1 Å². The minimum Gasteiger partial charge on any atom is -0.452 e. The van der Waals surface area contributed by atoms with E-state index in [4.69, 9.17) is 16.3 Å². The van der Waals surface area contributed by atoms with Gasteiger partial charge in [-0.3, -0.25) is 4.79 Å². The van der Waals surface area contributed by atoms with Crippen molar-refractivity contribution < 1.29 is 14.3 Å². The van der Waals surface area contributed by atoms with E-state index >= 15 is 0 Å². The fourth-order valence-corrected chi connectivity index (χ4v) is 3.27. The van der Waals surface area contributed by atoms with Crippen molar-refractivity contribution in [3.05, 3.63) is 46.7 Å². The molecule has 0 unspecified atom stereocenters. The van der Waals surface area contributed by atoms with E-state index < -0.39 is 5.97 Å². The third kappa shape index (κ3) is 4.25. The Kier molecular flexibility index (Phi) is 6.42. The number of aryl methyl sites for hydroxylation is 1. The van der Waals surface area contributed by atoms with Crippen LogP contribution >= 0.6 is 11.6 Å². The second kappa shape index (κ2) is 8.36. The average Bonchev–Trinajstić information content (AvgIpc) is 2.87. The van der Waals surface area contributed by atoms with Crippen molar-refractivity contribution in [3.63, 3.8) is 0 Å². The van der Waals surface area contributed by atoms with Gasteiger partial charge in [0.25, 0.3) is 5.91 Å². The minimum absolute atomic E-state index is 0.0207. The van der Waals surface area contributed by atoms with Crippen LogP contribution in [0.1, 0.15) is 43.7 Å². The van der Waals surface area contributed by atoms with E-state index in [2.05, 4.69) is 5.10 Å². The van der Waals surface area contributed by atoms with Gasteiger partial charge in [0.05, 0.1) is 11.4 Å². The minimum atomic E-state index is -0.657. The number of rotatable bonds is 6. The highest BCUT2D eigenvalue weighted by Gasteiger charge is 2.25. The summed E-state index contributed by atoms with van der Waals surface area (Å²) in [6, 6.07) is 9.29. The van der Waals surface area contributed by atoms with E-state index in [9.17, 15) is 9.59 Å². The van der Waals surface area contributed by atoms with Crippen molar-refractivity contribution in [1.29, 1.82) is 0 Å². The van der Waals surface area contributed by atoms with Crippen LogP contribution in [0.25, 0.3) is 5.69 Å². The molecule has 6 nitrogen and oxygen atoms in total. The highest BCUT2D eigenvalue weighted by atomic mass is 35.5. The van der Waals surface area contributed by atoms with Gasteiger partial charge < -0.3 is 9.64 Å². The van der Waals surface area contributed by atoms with Crippen LogP contribution in [0.15, 0.2) is 30.3 Å². The molecule has 0 aliphatic rings. The molecule has 0 N–H and O–H groups in total. The number of para-hydroxylation sites is 1. The lowest BCUT2D eigenvalue weighted by Crippen LogP contribution is -2.44. The lowest BCUT2D eigenvalue weighted by atomic mass is 10.2. The first kappa shape index (κ1) is 20.0. The summed E-state index contributed by atoms with van der Waals surface area (Å²) >= 11 is 6.34. The molecule has 26 heavy (non-hydrogen) atoms. The quantitative estimate of drug-likeness (QED) is 0.721. The lowest BCUT2D eigenvalue weighted by molar-refractivity contribution is -0.138. The molecule has 2 rings (SSSR count). The molecular weight excluding hydrogens is 354 g/mol. The maximum atomic E-state index is 12.5. The van der Waals surface area contributed by atoms with Crippen molar-refractivity contribution in [2.45, 2.75) is 46.7 Å². The average molecular weight is 378 g/mol. The molecule has 0 aliphatic heterocycles. The Hall–Kier alpha value is -2.34. The Morgan fingerprint density at radius 2 is 1.73 bits per heavy atom. The summed E-state index contributed by atoms with van der Waals surface area (Å²) in [5.74, 6) is -0.900. The molecule has 140 valence electrons. The van der Waals surface area contributed by atoms with Crippen LogP contribution < -0.4 is 0 Å². The molecule has 0 saturated carbocycles. The molecule has 0 fully saturated rings. The number of aromatic nitrogens is 2. The van der Waals surface area contributed by atoms with Crippen molar-refractivity contribution in [1.82, 2.24) is 14.7 Å². The molecule has 0 saturated heterocycles. The Bertz CT molecular complexity index is 777. The summed E-state index contributed by atoms with van der Waals surface area (Å²) < 4.78 is 6.69. The Labute approximate surface area is 158 Å². The summed E-state index contributed by atoms with van der Waals surface area (Å²) in [7, 11) is 0. The van der Waals surface area contributed by atoms with E-state index in [1.165, 1.54) is 4.68 Å². The monoisotopic (exact) mass is 377 g/mol. The maximum absolute atomic E-state index is 12.5. The number of hydrogen-bond acceptors (Lipinski definition) is 4. The summed E-state index contributed by atoms with van der Waals surface area (Å²) in [6.45, 7) is 9.03. The predicted molar refractivity (Wildman–Crippen MR) is 101 cm³/mol. The molecule has 0 atom stereocenters. The van der Waals surface area contributed by atoms with Crippen molar-refractivity contribution in [2.75, 3.05) is 6.61 Å². The number of carbonyl (C=O) groups excluding carboxylic acids is 2. The van der Waals surface area contributed by atoms with Crippen LogP contribution in [0.3, 0.4) is 0 Å². The van der Waals surface area contributed by atoms with Gasteiger partial charge >= 0.3 is 5.97 Å². The molecule has 1 heterocycles. The van der Waals surface area contributed by atoms with E-state index in [1.54, 1.807) is 11.8 Å². The van der Waals surface area contributed by atoms with E-state index in [0.717, 1.165) is 5.69 Å². The van der Waals surface area contributed by atoms with E-state index in [-0.39, 0.29) is 35.3 Å². The van der Waals surface area contributed by atoms with Crippen LogP contribution in [0.5, 0.6) is 0 Å². The zero-order valence-corrected chi connectivity index (χ0v) is 16.4. The first-order valence-corrected chi connectivity index (χ1v) is 8.90. The van der Waals surface area contributed by atoms with Gasteiger partial charge in [0.1, 0.15) is 10.7 Å². The zero-order chi connectivity index (χ0) is 19.4. The topological polar surface area (TPSA) is 64.4 Å². The summed E-state index contributed by atoms with van der Waals surface area (Å²) in [5.41, 5.74) is 1.35. The van der Waals surface area contributed by atoms with Crippen LogP contribution in [-0.2, 0) is 9.53 Å². The van der Waals surface area contributed by atoms with Gasteiger partial charge in [0.15, 0.2) is 6.61 Å². The standard InChI is InChI=1S/C19H24ClN3O3/c1-12(2)22(13(3)4)16(24)11-26-19(25)17-14(5)21-23(18(17)20)15-9-7-6-8-10-15/h6-10,12-13H,11H2,1-5H3. The van der Waals surface area contributed by atoms with Gasteiger partial charge in [-0.2, -0.15) is 5.10 Å². The number of benzene rings is 1. The number of nitrogens with zero attached hydrogens (tertiary/aromatic N) is 3. The maximum Gasteiger partial charge on any atom is 0.343 e. The normalized spacial score (nSPS) is 11.1. The number of amides is 1. The largest absolute Gasteiger partial charge is 0.452 e. The Balaban J connectivity index is 2.16. The summed E-state index contributed by atoms with van der Waals surface area (Å²) in [5, 5.41) is 4.47. The van der Waals surface area contributed by atoms with Gasteiger partial charge in [-0.1, -0.05) is 29.8 Å². The van der Waals surface area contributed by atoms with Gasteiger partial charge in [-0.15, -0.1) is 0 Å². The number of hydrogen-bond donors (Lipinski definition) is 0. The molecule has 0 bridgehead atoms. The van der Waals surface area contributed by atoms with Crippen molar-refractivity contribution in [2.24, 2.45) is 0 Å². The number of halogens is 1. The van der Waals surface area contributed by atoms with Gasteiger partial charge in [0.2, 0.25) is 0 Å². The molecule has 1 aromatic carbocycles. The molecule has 2 aromatic rings. The van der Waals surface area contributed by atoms with Crippen LogP contribution in [0.2, 0.25) is 5.15 Å². The molecule has 0 spiro atoms. The molecule has 0 aliphatic carbocycles. The first-order chi connectivity index (χ1) is 12.2. The molecule has 0 radical (unpaired) electrons. The Morgan fingerprint density at radius 1 is 1.15 bits per heavy atom. The smallest absolute Gasteiger partial charge is 0.343 e. The SMILES string of the molecule is Cc1nn(-c2ccccc2)c(Cl)c1C(=O)OCC(=O)N(C(C)C)C(C)C. The van der Waals surface area contributed by atoms with Crippen molar-refractivity contribution in [3.8, 4) is 5.69 Å². The second-order valence-electron chi connectivity index (χ2n) is 6.56. The third-order valence-electron chi connectivity index (χ3n) is 3.94. The van der Waals surface area contributed by atoms with Crippen molar-refractivity contribution >= 4 is 23.5 Å². The van der Waals surface area contributed by atoms with Crippen LogP contribution in [0, 0.1) is 6.92 Å². The second-order valence-corrected chi connectivity index (χ2v) is 6.92. The number of ether oxygens (including phenoxy) is 1. The number of carbonyl (C=O) groups is 2. The molecule has 7 heteroatoms. The van der Waals surface area contributed by atoms with Crippen LogP contribution in [-0.4, -0.2) is 45.2 Å². The third-order valence-corrected chi connectivity index (χ3v) is 4.29. The fourth-order valence-electron chi connectivity index (χ4n) is 2.92. The van der Waals surface area contributed by atoms with Gasteiger partial charge in [-0.25, -0.2) is 9.48 Å². The fraction of sp³-hybridized carbons (Fsp3) is 0.421. The molecule has 1 aromatic heterocycles. The molecule has 1 amide bonds. The number of esters is 1. The Morgan fingerprint density at radius 3 is 2.27 bits per heavy atom. The highest BCUT2D eigenvalue weighted by molar-refractivity contribution is 6.33. The summed E-state index contributed by atoms with van der Waals surface area (Å²) in [4.78, 5) is 26.5. The predicted octanol–water partition coefficient (Wildman–Crippen LogP) is 3.64. The summed E-state index contributed by atoms with van der Waals surface area (Å²) in [6.07, 6.45) is 0.